The Morgan fingerprint density at radius 3 is 2.46 bits per heavy atom. The fourth-order valence-corrected chi connectivity index (χ4v) is 2.96. The number of benzene rings is 1. The lowest BCUT2D eigenvalue weighted by Gasteiger charge is -2.32. The number of nitrogens with zero attached hydrogens (tertiary/aromatic N) is 4. The van der Waals surface area contributed by atoms with Crippen molar-refractivity contribution >= 4 is 11.7 Å². The Bertz CT molecular complexity index is 789. The van der Waals surface area contributed by atoms with Gasteiger partial charge in [0.25, 0.3) is 5.91 Å². The van der Waals surface area contributed by atoms with Gasteiger partial charge in [0.15, 0.2) is 0 Å². The van der Waals surface area contributed by atoms with Crippen LogP contribution in [-0.2, 0) is 0 Å². The molecule has 0 aliphatic carbocycles. The lowest BCUT2D eigenvalue weighted by atomic mass is 10.2. The lowest BCUT2D eigenvalue weighted by molar-refractivity contribution is 0.0658. The van der Waals surface area contributed by atoms with Gasteiger partial charge in [-0.1, -0.05) is 0 Å². The quantitative estimate of drug-likeness (QED) is 0.726. The van der Waals surface area contributed by atoms with Crippen LogP contribution in [0.3, 0.4) is 0 Å². The van der Waals surface area contributed by atoms with Crippen molar-refractivity contribution in [3.05, 3.63) is 41.9 Å². The molecular weight excluding hydrogens is 358 g/mol. The fourth-order valence-electron chi connectivity index (χ4n) is 2.96. The molecule has 1 aliphatic rings. The van der Waals surface area contributed by atoms with Crippen LogP contribution < -0.4 is 14.8 Å². The van der Waals surface area contributed by atoms with Crippen molar-refractivity contribution in [1.82, 2.24) is 19.8 Å². The highest BCUT2D eigenvalue weighted by Gasteiger charge is 2.22. The van der Waals surface area contributed by atoms with Crippen LogP contribution in [0.1, 0.15) is 16.3 Å². The average molecular weight is 385 g/mol. The van der Waals surface area contributed by atoms with Crippen LogP contribution in [0.4, 0.5) is 5.82 Å². The van der Waals surface area contributed by atoms with Crippen molar-refractivity contribution in [2.24, 2.45) is 0 Å². The van der Waals surface area contributed by atoms with Crippen LogP contribution in [-0.4, -0.2) is 79.2 Å². The Kier molecular flexibility index (Phi) is 6.65. The van der Waals surface area contributed by atoms with Crippen LogP contribution in [0, 0.1) is 6.92 Å². The number of methoxy groups -OCH3 is 1. The van der Waals surface area contributed by atoms with Gasteiger partial charge < -0.3 is 24.6 Å². The maximum atomic E-state index is 12.7. The average Bonchev–Trinajstić information content (AvgIpc) is 2.71. The zero-order chi connectivity index (χ0) is 19.9. The predicted molar refractivity (Wildman–Crippen MR) is 107 cm³/mol. The number of piperazine rings is 1. The molecular formula is C20H27N5O3. The Hall–Kier alpha value is -2.87. The molecule has 0 saturated carbocycles. The van der Waals surface area contributed by atoms with E-state index in [1.807, 2.05) is 29.2 Å². The molecule has 0 radical (unpaired) electrons. The number of rotatable bonds is 7. The number of nitrogens with one attached hydrogen (secondary N) is 1. The van der Waals surface area contributed by atoms with E-state index in [0.717, 1.165) is 37.7 Å². The monoisotopic (exact) mass is 385 g/mol. The highest BCUT2D eigenvalue weighted by molar-refractivity contribution is 5.93. The molecule has 3 rings (SSSR count). The summed E-state index contributed by atoms with van der Waals surface area (Å²) in [6.45, 7) is 6.02. The van der Waals surface area contributed by atoms with Crippen molar-refractivity contribution in [3.63, 3.8) is 0 Å². The standard InChI is InChI=1S/C20H27N5O3/c1-15-22-18(20(26)25-11-9-24(2)10-12-25)14-19(23-15)21-8-13-28-17-6-4-16(27-3)5-7-17/h4-7,14H,8-13H2,1-3H3,(H,21,22,23). The van der Waals surface area contributed by atoms with Gasteiger partial charge in [0.05, 0.1) is 13.7 Å². The second-order valence-electron chi connectivity index (χ2n) is 6.73. The molecule has 1 aromatic heterocycles. The zero-order valence-corrected chi connectivity index (χ0v) is 16.6. The van der Waals surface area contributed by atoms with Crippen molar-refractivity contribution in [1.29, 1.82) is 0 Å². The number of anilines is 1. The molecule has 28 heavy (non-hydrogen) atoms. The van der Waals surface area contributed by atoms with Gasteiger partial charge in [-0.2, -0.15) is 0 Å². The van der Waals surface area contributed by atoms with Crippen molar-refractivity contribution < 1.29 is 14.3 Å². The molecule has 1 aromatic carbocycles. The number of aryl methyl sites for hydroxylation is 1. The second-order valence-corrected chi connectivity index (χ2v) is 6.73. The number of hydrogen-bond donors (Lipinski definition) is 1. The van der Waals surface area contributed by atoms with Crippen molar-refractivity contribution in [2.45, 2.75) is 6.92 Å². The number of hydrogen-bond acceptors (Lipinski definition) is 7. The molecule has 1 amide bonds. The van der Waals surface area contributed by atoms with E-state index in [2.05, 4.69) is 27.2 Å². The molecule has 8 nitrogen and oxygen atoms in total. The second kappa shape index (κ2) is 9.36. The van der Waals surface area contributed by atoms with Crippen molar-refractivity contribution in [2.75, 3.05) is 58.8 Å². The number of ether oxygens (including phenoxy) is 2. The van der Waals surface area contributed by atoms with E-state index >= 15 is 0 Å². The normalized spacial score (nSPS) is 14.6. The molecule has 2 aromatic rings. The molecule has 1 N–H and O–H groups in total. The predicted octanol–water partition coefficient (Wildman–Crippen LogP) is 1.67. The van der Waals surface area contributed by atoms with E-state index < -0.39 is 0 Å². The molecule has 1 saturated heterocycles. The summed E-state index contributed by atoms with van der Waals surface area (Å²) < 4.78 is 10.8. The Morgan fingerprint density at radius 1 is 1.11 bits per heavy atom. The number of carbonyl (C=O) groups excluding carboxylic acids is 1. The van der Waals surface area contributed by atoms with Crippen LogP contribution in [0.25, 0.3) is 0 Å². The SMILES string of the molecule is COc1ccc(OCCNc2cc(C(=O)N3CCN(C)CC3)nc(C)n2)cc1. The molecule has 0 spiro atoms. The minimum Gasteiger partial charge on any atom is -0.497 e. The van der Waals surface area contributed by atoms with E-state index in [1.165, 1.54) is 0 Å². The first-order valence-electron chi connectivity index (χ1n) is 9.39. The Balaban J connectivity index is 1.53. The molecule has 0 atom stereocenters. The summed E-state index contributed by atoms with van der Waals surface area (Å²) in [5, 5.41) is 3.20. The summed E-state index contributed by atoms with van der Waals surface area (Å²) in [6.07, 6.45) is 0. The van der Waals surface area contributed by atoms with Gasteiger partial charge in [-0.05, 0) is 38.2 Å². The van der Waals surface area contributed by atoms with Crippen LogP contribution >= 0.6 is 0 Å². The van der Waals surface area contributed by atoms with Gasteiger partial charge in [-0.3, -0.25) is 4.79 Å². The first kappa shape index (κ1) is 19.9. The van der Waals surface area contributed by atoms with Gasteiger partial charge in [0.1, 0.15) is 35.4 Å². The first-order valence-corrected chi connectivity index (χ1v) is 9.39. The van der Waals surface area contributed by atoms with Gasteiger partial charge in [-0.15, -0.1) is 0 Å². The van der Waals surface area contributed by atoms with Crippen LogP contribution in [0.5, 0.6) is 11.5 Å². The highest BCUT2D eigenvalue weighted by atomic mass is 16.5. The fraction of sp³-hybridized carbons (Fsp3) is 0.450. The van der Waals surface area contributed by atoms with Crippen LogP contribution in [0.15, 0.2) is 30.3 Å². The lowest BCUT2D eigenvalue weighted by Crippen LogP contribution is -2.47. The maximum Gasteiger partial charge on any atom is 0.272 e. The largest absolute Gasteiger partial charge is 0.497 e. The summed E-state index contributed by atoms with van der Waals surface area (Å²) in [5.74, 6) is 2.71. The third-order valence-electron chi connectivity index (χ3n) is 4.58. The number of likely N-dealkylation sites (N-methyl/N-ethyl adjacent to an activating group) is 1. The van der Waals surface area contributed by atoms with E-state index in [0.29, 0.717) is 30.5 Å². The summed E-state index contributed by atoms with van der Waals surface area (Å²) in [4.78, 5) is 25.5. The molecule has 2 heterocycles. The van der Waals surface area contributed by atoms with Crippen molar-refractivity contribution in [3.8, 4) is 11.5 Å². The van der Waals surface area contributed by atoms with E-state index in [1.54, 1.807) is 20.1 Å². The molecule has 1 aliphatic heterocycles. The molecule has 1 fully saturated rings. The Morgan fingerprint density at radius 2 is 1.79 bits per heavy atom. The van der Waals surface area contributed by atoms with Gasteiger partial charge in [0, 0.05) is 32.2 Å². The summed E-state index contributed by atoms with van der Waals surface area (Å²) in [7, 11) is 3.69. The third-order valence-corrected chi connectivity index (χ3v) is 4.58. The van der Waals surface area contributed by atoms with E-state index in [-0.39, 0.29) is 5.91 Å². The maximum absolute atomic E-state index is 12.7. The molecule has 150 valence electrons. The Labute approximate surface area is 165 Å². The summed E-state index contributed by atoms with van der Waals surface area (Å²) in [5.41, 5.74) is 0.427. The molecule has 0 unspecified atom stereocenters. The van der Waals surface area contributed by atoms with Crippen LogP contribution in [0.2, 0.25) is 0 Å². The van der Waals surface area contributed by atoms with Gasteiger partial charge in [-0.25, -0.2) is 9.97 Å². The minimum absolute atomic E-state index is 0.0452. The molecule has 8 heteroatoms. The van der Waals surface area contributed by atoms with E-state index in [4.69, 9.17) is 9.47 Å². The summed E-state index contributed by atoms with van der Waals surface area (Å²) >= 11 is 0. The highest BCUT2D eigenvalue weighted by Crippen LogP contribution is 2.17. The topological polar surface area (TPSA) is 79.8 Å². The van der Waals surface area contributed by atoms with Gasteiger partial charge in [0.2, 0.25) is 0 Å². The van der Waals surface area contributed by atoms with Gasteiger partial charge >= 0.3 is 0 Å². The number of aromatic nitrogens is 2. The van der Waals surface area contributed by atoms with E-state index in [9.17, 15) is 4.79 Å². The summed E-state index contributed by atoms with van der Waals surface area (Å²) in [6, 6.07) is 9.14. The first-order chi connectivity index (χ1) is 13.5. The third kappa shape index (κ3) is 5.32. The minimum atomic E-state index is -0.0452. The zero-order valence-electron chi connectivity index (χ0n) is 16.6. The smallest absolute Gasteiger partial charge is 0.272 e. The molecule has 0 bridgehead atoms. The number of amides is 1. The number of carbonyl (C=O) groups is 1.